The van der Waals surface area contributed by atoms with Gasteiger partial charge in [-0.05, 0) is 31.9 Å². The van der Waals surface area contributed by atoms with Gasteiger partial charge in [0.15, 0.2) is 0 Å². The Balaban J connectivity index is 1.64. The number of carbonyl (C=O) groups is 1. The van der Waals surface area contributed by atoms with Gasteiger partial charge in [0.2, 0.25) is 5.91 Å². The SMILES string of the molecule is Cc1nc(CC(=O)Nc2ccccc2SC2CCCC2)cs1. The zero-order chi connectivity index (χ0) is 15.4. The first-order chi connectivity index (χ1) is 10.7. The molecule has 0 spiro atoms. The van der Waals surface area contributed by atoms with E-state index in [1.54, 1.807) is 11.3 Å². The number of hydrogen-bond donors (Lipinski definition) is 1. The Bertz CT molecular complexity index is 648. The van der Waals surface area contributed by atoms with Crippen LogP contribution < -0.4 is 5.32 Å². The average molecular weight is 332 g/mol. The monoisotopic (exact) mass is 332 g/mol. The van der Waals surface area contributed by atoms with Crippen LogP contribution in [0.3, 0.4) is 0 Å². The van der Waals surface area contributed by atoms with E-state index in [1.807, 2.05) is 42.3 Å². The largest absolute Gasteiger partial charge is 0.325 e. The van der Waals surface area contributed by atoms with Gasteiger partial charge in [0.1, 0.15) is 0 Å². The molecule has 2 aromatic rings. The third-order valence-corrected chi connectivity index (χ3v) is 6.00. The summed E-state index contributed by atoms with van der Waals surface area (Å²) < 4.78 is 0. The van der Waals surface area contributed by atoms with E-state index in [-0.39, 0.29) is 5.91 Å². The first-order valence-electron chi connectivity index (χ1n) is 7.67. The number of benzene rings is 1. The molecule has 0 atom stereocenters. The minimum atomic E-state index is 0.00442. The normalized spacial score (nSPS) is 15.1. The molecule has 1 heterocycles. The molecule has 0 saturated heterocycles. The maximum atomic E-state index is 12.2. The number of carbonyl (C=O) groups excluding carboxylic acids is 1. The molecular weight excluding hydrogens is 312 g/mol. The highest BCUT2D eigenvalue weighted by Gasteiger charge is 2.18. The van der Waals surface area contributed by atoms with Gasteiger partial charge < -0.3 is 5.32 Å². The van der Waals surface area contributed by atoms with Crippen molar-refractivity contribution in [2.45, 2.75) is 49.2 Å². The molecule has 3 rings (SSSR count). The molecule has 0 aliphatic heterocycles. The van der Waals surface area contributed by atoms with Crippen LogP contribution in [0.15, 0.2) is 34.5 Å². The molecule has 22 heavy (non-hydrogen) atoms. The number of anilines is 1. The van der Waals surface area contributed by atoms with Gasteiger partial charge in [-0.15, -0.1) is 23.1 Å². The molecule has 3 nitrogen and oxygen atoms in total. The predicted octanol–water partition coefficient (Wildman–Crippen LogP) is 4.67. The smallest absolute Gasteiger partial charge is 0.230 e. The van der Waals surface area contributed by atoms with Crippen LogP contribution in [0, 0.1) is 6.92 Å². The number of nitrogens with one attached hydrogen (secondary N) is 1. The van der Waals surface area contributed by atoms with Gasteiger partial charge in [0, 0.05) is 15.5 Å². The van der Waals surface area contributed by atoms with Crippen molar-refractivity contribution in [2.24, 2.45) is 0 Å². The lowest BCUT2D eigenvalue weighted by atomic mass is 10.3. The predicted molar refractivity (Wildman–Crippen MR) is 93.7 cm³/mol. The summed E-state index contributed by atoms with van der Waals surface area (Å²) in [6.45, 7) is 1.96. The Hall–Kier alpha value is -1.33. The van der Waals surface area contributed by atoms with Crippen LogP contribution in [-0.4, -0.2) is 16.1 Å². The van der Waals surface area contributed by atoms with Crippen molar-refractivity contribution in [2.75, 3.05) is 5.32 Å². The van der Waals surface area contributed by atoms with Crippen LogP contribution in [0.25, 0.3) is 0 Å². The summed E-state index contributed by atoms with van der Waals surface area (Å²) in [5, 5.41) is 6.69. The van der Waals surface area contributed by atoms with E-state index in [4.69, 9.17) is 0 Å². The molecule has 1 saturated carbocycles. The first-order valence-corrected chi connectivity index (χ1v) is 9.43. The lowest BCUT2D eigenvalue weighted by Gasteiger charge is -2.13. The summed E-state index contributed by atoms with van der Waals surface area (Å²) in [7, 11) is 0. The van der Waals surface area contributed by atoms with Crippen LogP contribution in [0.5, 0.6) is 0 Å². The minimum Gasteiger partial charge on any atom is -0.325 e. The number of rotatable bonds is 5. The van der Waals surface area contributed by atoms with Crippen molar-refractivity contribution in [3.05, 3.63) is 40.3 Å². The highest BCUT2D eigenvalue weighted by molar-refractivity contribution is 8.00. The lowest BCUT2D eigenvalue weighted by Crippen LogP contribution is -2.15. The molecule has 0 unspecified atom stereocenters. The zero-order valence-corrected chi connectivity index (χ0v) is 14.3. The number of aromatic nitrogens is 1. The van der Waals surface area contributed by atoms with Crippen molar-refractivity contribution >= 4 is 34.7 Å². The highest BCUT2D eigenvalue weighted by atomic mass is 32.2. The fourth-order valence-electron chi connectivity index (χ4n) is 2.71. The summed E-state index contributed by atoms with van der Waals surface area (Å²) in [6.07, 6.45) is 5.56. The van der Waals surface area contributed by atoms with E-state index >= 15 is 0 Å². The van der Waals surface area contributed by atoms with Crippen LogP contribution >= 0.6 is 23.1 Å². The minimum absolute atomic E-state index is 0.00442. The number of thioether (sulfide) groups is 1. The summed E-state index contributed by atoms with van der Waals surface area (Å²) in [5.74, 6) is 0.00442. The number of para-hydroxylation sites is 1. The van der Waals surface area contributed by atoms with Gasteiger partial charge in [-0.3, -0.25) is 4.79 Å². The molecule has 1 aromatic carbocycles. The van der Waals surface area contributed by atoms with Crippen LogP contribution in [0.4, 0.5) is 5.69 Å². The van der Waals surface area contributed by atoms with Crippen molar-refractivity contribution < 1.29 is 4.79 Å². The highest BCUT2D eigenvalue weighted by Crippen LogP contribution is 2.38. The van der Waals surface area contributed by atoms with Crippen LogP contribution in [0.1, 0.15) is 36.4 Å². The second kappa shape index (κ2) is 7.29. The van der Waals surface area contributed by atoms with E-state index in [0.717, 1.165) is 16.4 Å². The Kier molecular flexibility index (Phi) is 5.16. The third kappa shape index (κ3) is 4.11. The summed E-state index contributed by atoms with van der Waals surface area (Å²) in [5.41, 5.74) is 1.78. The summed E-state index contributed by atoms with van der Waals surface area (Å²) >= 11 is 3.48. The van der Waals surface area contributed by atoms with Gasteiger partial charge in [-0.25, -0.2) is 4.98 Å². The van der Waals surface area contributed by atoms with Gasteiger partial charge >= 0.3 is 0 Å². The Morgan fingerprint density at radius 1 is 1.36 bits per heavy atom. The molecule has 1 aromatic heterocycles. The van der Waals surface area contributed by atoms with Crippen molar-refractivity contribution in [3.8, 4) is 0 Å². The Morgan fingerprint density at radius 3 is 2.86 bits per heavy atom. The Labute approximate surface area is 139 Å². The molecule has 1 aliphatic rings. The lowest BCUT2D eigenvalue weighted by molar-refractivity contribution is -0.115. The van der Waals surface area contributed by atoms with E-state index in [2.05, 4.69) is 16.4 Å². The van der Waals surface area contributed by atoms with Gasteiger partial charge in [0.25, 0.3) is 0 Å². The summed E-state index contributed by atoms with van der Waals surface area (Å²) in [6, 6.07) is 8.10. The van der Waals surface area contributed by atoms with Crippen molar-refractivity contribution in [3.63, 3.8) is 0 Å². The number of hydrogen-bond acceptors (Lipinski definition) is 4. The molecule has 1 amide bonds. The maximum absolute atomic E-state index is 12.2. The van der Waals surface area contributed by atoms with Gasteiger partial charge in [-0.1, -0.05) is 25.0 Å². The molecule has 116 valence electrons. The second-order valence-corrected chi connectivity index (χ2v) is 8.01. The van der Waals surface area contributed by atoms with E-state index in [0.29, 0.717) is 11.7 Å². The van der Waals surface area contributed by atoms with Gasteiger partial charge in [0.05, 0.1) is 22.8 Å². The summed E-state index contributed by atoms with van der Waals surface area (Å²) in [4.78, 5) is 17.8. The number of thiazole rings is 1. The molecule has 1 N–H and O–H groups in total. The fraction of sp³-hybridized carbons (Fsp3) is 0.412. The molecule has 0 bridgehead atoms. The quantitative estimate of drug-likeness (QED) is 0.865. The number of amides is 1. The molecule has 1 aliphatic carbocycles. The number of aryl methyl sites for hydroxylation is 1. The first kappa shape index (κ1) is 15.6. The third-order valence-electron chi connectivity index (χ3n) is 3.77. The second-order valence-electron chi connectivity index (χ2n) is 5.60. The topological polar surface area (TPSA) is 42.0 Å². The molecule has 1 fully saturated rings. The molecular formula is C17H20N2OS2. The van der Waals surface area contributed by atoms with E-state index in [9.17, 15) is 4.79 Å². The van der Waals surface area contributed by atoms with Gasteiger partial charge in [-0.2, -0.15) is 0 Å². The fourth-order valence-corrected chi connectivity index (χ4v) is 4.65. The van der Waals surface area contributed by atoms with E-state index < -0.39 is 0 Å². The van der Waals surface area contributed by atoms with Crippen LogP contribution in [-0.2, 0) is 11.2 Å². The maximum Gasteiger partial charge on any atom is 0.230 e. The molecule has 5 heteroatoms. The van der Waals surface area contributed by atoms with Crippen molar-refractivity contribution in [1.29, 1.82) is 0 Å². The average Bonchev–Trinajstić information content (AvgIpc) is 3.13. The van der Waals surface area contributed by atoms with Crippen LogP contribution in [0.2, 0.25) is 0 Å². The van der Waals surface area contributed by atoms with Crippen molar-refractivity contribution in [1.82, 2.24) is 4.98 Å². The Morgan fingerprint density at radius 2 is 2.14 bits per heavy atom. The van der Waals surface area contributed by atoms with E-state index in [1.165, 1.54) is 30.6 Å². The zero-order valence-electron chi connectivity index (χ0n) is 12.7. The number of nitrogens with zero attached hydrogens (tertiary/aromatic N) is 1. The standard InChI is InChI=1S/C17H20N2OS2/c1-12-18-13(11-21-12)10-17(20)19-15-8-4-5-9-16(15)22-14-6-2-3-7-14/h4-5,8-9,11,14H,2-3,6-7,10H2,1H3,(H,19,20). The molecule has 0 radical (unpaired) electrons.